The molecule has 0 aliphatic rings. The number of hydrogen-bond donors (Lipinski definition) is 6. The minimum Gasteiger partial charge on any atom is -0.508 e. The number of aromatic carboxylic acids is 2. The fourth-order valence-electron chi connectivity index (χ4n) is 3.86. The normalized spacial score (nSPS) is 10.5. The van der Waals surface area contributed by atoms with Gasteiger partial charge in [-0.05, 0) is 78.2 Å². The molecule has 0 saturated heterocycles. The molecule has 0 fully saturated rings. The number of amides is 2. The van der Waals surface area contributed by atoms with Crippen molar-refractivity contribution in [1.82, 2.24) is 0 Å². The van der Waals surface area contributed by atoms with Gasteiger partial charge in [-0.3, -0.25) is 9.59 Å². The van der Waals surface area contributed by atoms with Crippen molar-refractivity contribution in [3.8, 4) is 11.5 Å². The van der Waals surface area contributed by atoms with E-state index in [1.165, 1.54) is 12.1 Å². The van der Waals surface area contributed by atoms with Crippen molar-refractivity contribution >= 4 is 35.1 Å². The van der Waals surface area contributed by atoms with Crippen molar-refractivity contribution in [2.24, 2.45) is 0 Å². The standard InChI is InChI=1S/C29H22N2O8/c32-20-9-11-22(28(36)37)24(14-20)26(34)30-18-5-1-16(2-6-18)13-17-3-7-19(8-4-17)31-27(35)25-15-21(33)10-12-23(25)29(38)39/h1-12,14-15,32-33H,13H2,(H,30,34)(H,31,35)(H,36,37)(H,38,39). The van der Waals surface area contributed by atoms with Gasteiger partial charge in [-0.15, -0.1) is 0 Å². The predicted octanol–water partition coefficient (Wildman–Crippen LogP) is 4.59. The van der Waals surface area contributed by atoms with Crippen LogP contribution in [0.4, 0.5) is 11.4 Å². The molecular weight excluding hydrogens is 504 g/mol. The van der Waals surface area contributed by atoms with Crippen molar-refractivity contribution in [2.75, 3.05) is 10.6 Å². The predicted molar refractivity (Wildman–Crippen MR) is 142 cm³/mol. The molecule has 6 N–H and O–H groups in total. The van der Waals surface area contributed by atoms with Crippen LogP contribution >= 0.6 is 0 Å². The van der Waals surface area contributed by atoms with E-state index in [9.17, 15) is 39.6 Å². The number of aromatic hydroxyl groups is 2. The van der Waals surface area contributed by atoms with Gasteiger partial charge in [0.25, 0.3) is 11.8 Å². The first-order valence-corrected chi connectivity index (χ1v) is 11.5. The summed E-state index contributed by atoms with van der Waals surface area (Å²) < 4.78 is 0. The molecule has 10 nitrogen and oxygen atoms in total. The summed E-state index contributed by atoms with van der Waals surface area (Å²) >= 11 is 0. The average Bonchev–Trinajstić information content (AvgIpc) is 2.90. The zero-order valence-corrected chi connectivity index (χ0v) is 20.2. The topological polar surface area (TPSA) is 173 Å². The Labute approximate surface area is 221 Å². The smallest absolute Gasteiger partial charge is 0.336 e. The van der Waals surface area contributed by atoms with E-state index in [1.54, 1.807) is 48.5 Å². The lowest BCUT2D eigenvalue weighted by Crippen LogP contribution is -2.16. The number of carboxylic acids is 2. The highest BCUT2D eigenvalue weighted by Crippen LogP contribution is 2.22. The summed E-state index contributed by atoms with van der Waals surface area (Å²) in [5, 5.41) is 43.1. The van der Waals surface area contributed by atoms with Gasteiger partial charge in [-0.25, -0.2) is 9.59 Å². The Kier molecular flexibility index (Phi) is 7.57. The highest BCUT2D eigenvalue weighted by Gasteiger charge is 2.19. The van der Waals surface area contributed by atoms with Gasteiger partial charge in [0.15, 0.2) is 0 Å². The molecular formula is C29H22N2O8. The summed E-state index contributed by atoms with van der Waals surface area (Å²) in [5.41, 5.74) is 1.92. The van der Waals surface area contributed by atoms with Crippen molar-refractivity contribution in [2.45, 2.75) is 6.42 Å². The third-order valence-corrected chi connectivity index (χ3v) is 5.79. The number of carbonyl (C=O) groups is 4. The Morgan fingerprint density at radius 1 is 0.513 bits per heavy atom. The van der Waals surface area contributed by atoms with Crippen molar-refractivity contribution in [1.29, 1.82) is 0 Å². The van der Waals surface area contributed by atoms with E-state index in [0.717, 1.165) is 35.4 Å². The summed E-state index contributed by atoms with van der Waals surface area (Å²) in [5.74, 6) is -4.37. The monoisotopic (exact) mass is 526 g/mol. The second-order valence-corrected chi connectivity index (χ2v) is 8.55. The number of carboxylic acid groups (broad SMARTS) is 2. The van der Waals surface area contributed by atoms with E-state index in [-0.39, 0.29) is 33.8 Å². The van der Waals surface area contributed by atoms with Crippen LogP contribution < -0.4 is 10.6 Å². The first-order chi connectivity index (χ1) is 18.6. The lowest BCUT2D eigenvalue weighted by atomic mass is 10.0. The number of carbonyl (C=O) groups excluding carboxylic acids is 2. The molecule has 39 heavy (non-hydrogen) atoms. The third-order valence-electron chi connectivity index (χ3n) is 5.79. The van der Waals surface area contributed by atoms with Gasteiger partial charge in [-0.1, -0.05) is 24.3 Å². The Morgan fingerprint density at radius 2 is 0.872 bits per heavy atom. The fourth-order valence-corrected chi connectivity index (χ4v) is 3.86. The number of nitrogens with one attached hydrogen (secondary N) is 2. The molecule has 0 atom stereocenters. The minimum atomic E-state index is -1.29. The van der Waals surface area contributed by atoms with Gasteiger partial charge in [0, 0.05) is 11.4 Å². The van der Waals surface area contributed by atoms with Crippen LogP contribution in [0, 0.1) is 0 Å². The van der Waals surface area contributed by atoms with E-state index in [0.29, 0.717) is 17.8 Å². The van der Waals surface area contributed by atoms with Crippen LogP contribution in [0.15, 0.2) is 84.9 Å². The number of hydrogen-bond acceptors (Lipinski definition) is 6. The van der Waals surface area contributed by atoms with Gasteiger partial charge in [0.2, 0.25) is 0 Å². The number of phenolic OH excluding ortho intramolecular Hbond substituents is 2. The van der Waals surface area contributed by atoms with Crippen LogP contribution in [0.25, 0.3) is 0 Å². The number of phenols is 2. The summed E-state index contributed by atoms with van der Waals surface area (Å²) in [4.78, 5) is 47.9. The Hall–Kier alpha value is -5.64. The summed E-state index contributed by atoms with van der Waals surface area (Å²) in [6.07, 6.45) is 0.536. The molecule has 4 aromatic rings. The summed E-state index contributed by atoms with van der Waals surface area (Å²) in [7, 11) is 0. The van der Waals surface area contributed by atoms with E-state index in [4.69, 9.17) is 0 Å². The van der Waals surface area contributed by atoms with E-state index >= 15 is 0 Å². The molecule has 196 valence electrons. The van der Waals surface area contributed by atoms with Gasteiger partial charge in [-0.2, -0.15) is 0 Å². The lowest BCUT2D eigenvalue weighted by Gasteiger charge is -2.10. The number of anilines is 2. The van der Waals surface area contributed by atoms with Gasteiger partial charge < -0.3 is 31.1 Å². The first-order valence-electron chi connectivity index (χ1n) is 11.5. The second-order valence-electron chi connectivity index (χ2n) is 8.55. The highest BCUT2D eigenvalue weighted by molar-refractivity contribution is 6.11. The highest BCUT2D eigenvalue weighted by atomic mass is 16.4. The molecule has 10 heteroatoms. The number of benzene rings is 4. The minimum absolute atomic E-state index is 0.165. The third kappa shape index (κ3) is 6.38. The van der Waals surface area contributed by atoms with Crippen LogP contribution in [0.2, 0.25) is 0 Å². The van der Waals surface area contributed by atoms with Crippen molar-refractivity contribution in [3.05, 3.63) is 118 Å². The fraction of sp³-hybridized carbons (Fsp3) is 0.0345. The first kappa shape index (κ1) is 26.4. The molecule has 0 radical (unpaired) electrons. The van der Waals surface area contributed by atoms with Gasteiger partial charge in [0.05, 0.1) is 22.3 Å². The molecule has 2 amide bonds. The SMILES string of the molecule is O=C(O)c1ccc(O)cc1C(=O)Nc1ccc(Cc2ccc(NC(=O)c3cc(O)ccc3C(=O)O)cc2)cc1. The van der Waals surface area contributed by atoms with Crippen molar-refractivity contribution < 1.29 is 39.6 Å². The van der Waals surface area contributed by atoms with Crippen LogP contribution in [-0.4, -0.2) is 44.2 Å². The summed E-state index contributed by atoms with van der Waals surface area (Å²) in [6.45, 7) is 0. The van der Waals surface area contributed by atoms with Crippen LogP contribution in [0.5, 0.6) is 11.5 Å². The van der Waals surface area contributed by atoms with E-state index < -0.39 is 23.8 Å². The quantitative estimate of drug-likeness (QED) is 0.193. The molecule has 0 aliphatic heterocycles. The Bertz CT molecular complexity index is 1460. The zero-order chi connectivity index (χ0) is 28.1. The van der Waals surface area contributed by atoms with Crippen LogP contribution in [0.1, 0.15) is 52.6 Å². The van der Waals surface area contributed by atoms with Gasteiger partial charge in [0.1, 0.15) is 11.5 Å². The number of rotatable bonds is 8. The zero-order valence-electron chi connectivity index (χ0n) is 20.2. The molecule has 0 aromatic heterocycles. The van der Waals surface area contributed by atoms with Gasteiger partial charge >= 0.3 is 11.9 Å². The molecule has 4 rings (SSSR count). The Morgan fingerprint density at radius 3 is 1.21 bits per heavy atom. The lowest BCUT2D eigenvalue weighted by molar-refractivity contribution is 0.0683. The molecule has 0 heterocycles. The molecule has 0 saturated carbocycles. The van der Waals surface area contributed by atoms with E-state index in [2.05, 4.69) is 10.6 Å². The maximum atomic E-state index is 12.6. The molecule has 0 unspecified atom stereocenters. The average molecular weight is 527 g/mol. The van der Waals surface area contributed by atoms with E-state index in [1.807, 2.05) is 0 Å². The summed E-state index contributed by atoms with van der Waals surface area (Å²) in [6, 6.07) is 20.7. The Balaban J connectivity index is 1.39. The van der Waals surface area contributed by atoms with Crippen molar-refractivity contribution in [3.63, 3.8) is 0 Å². The second kappa shape index (κ2) is 11.2. The molecule has 0 spiro atoms. The maximum Gasteiger partial charge on any atom is 0.336 e. The maximum absolute atomic E-state index is 12.6. The molecule has 0 bridgehead atoms. The van der Waals surface area contributed by atoms with Crippen LogP contribution in [-0.2, 0) is 6.42 Å². The largest absolute Gasteiger partial charge is 0.508 e. The van der Waals surface area contributed by atoms with Crippen LogP contribution in [0.3, 0.4) is 0 Å². The molecule has 4 aromatic carbocycles. The molecule has 0 aliphatic carbocycles.